The first-order valence-corrected chi connectivity index (χ1v) is 5.18. The summed E-state index contributed by atoms with van der Waals surface area (Å²) < 4.78 is 15.3. The van der Waals surface area contributed by atoms with Crippen molar-refractivity contribution in [3.05, 3.63) is 0 Å². The minimum absolute atomic E-state index is 0.0472. The van der Waals surface area contributed by atoms with E-state index in [4.69, 9.17) is 9.42 Å². The van der Waals surface area contributed by atoms with E-state index in [2.05, 4.69) is 0 Å². The Morgan fingerprint density at radius 1 is 1.50 bits per heavy atom. The van der Waals surface area contributed by atoms with Gasteiger partial charge in [0.05, 0.1) is 6.61 Å². The Balaban J connectivity index is 3.67. The smallest absolute Gasteiger partial charge is 0.324 e. The Morgan fingerprint density at radius 2 is 1.90 bits per heavy atom. The van der Waals surface area contributed by atoms with Crippen molar-refractivity contribution in [2.45, 2.75) is 20.8 Å². The number of hydrogen-bond acceptors (Lipinski definition) is 2. The molecule has 1 atom stereocenters. The van der Waals surface area contributed by atoms with Gasteiger partial charge in [0, 0.05) is 6.66 Å². The molecule has 0 aliphatic heterocycles. The van der Waals surface area contributed by atoms with E-state index in [0.717, 1.165) is 0 Å². The van der Waals surface area contributed by atoms with Gasteiger partial charge in [0.2, 0.25) is 0 Å². The van der Waals surface area contributed by atoms with Gasteiger partial charge >= 0.3 is 7.60 Å². The summed E-state index contributed by atoms with van der Waals surface area (Å²) in [5, 5.41) is 0. The molecule has 0 aliphatic carbocycles. The van der Waals surface area contributed by atoms with Gasteiger partial charge in [-0.2, -0.15) is 0 Å². The minimum atomic E-state index is -3.26. The molecule has 62 valence electrons. The van der Waals surface area contributed by atoms with Crippen molar-refractivity contribution in [2.24, 2.45) is 5.41 Å². The Morgan fingerprint density at radius 3 is 2.00 bits per heavy atom. The van der Waals surface area contributed by atoms with Gasteiger partial charge in [-0.1, -0.05) is 20.8 Å². The molecule has 0 spiro atoms. The van der Waals surface area contributed by atoms with Crippen LogP contribution in [0.5, 0.6) is 0 Å². The highest BCUT2D eigenvalue weighted by Gasteiger charge is 2.16. The molecule has 0 rings (SSSR count). The van der Waals surface area contributed by atoms with Crippen LogP contribution in [0.2, 0.25) is 0 Å². The largest absolute Gasteiger partial charge is 0.325 e. The molecule has 0 heterocycles. The normalized spacial score (nSPS) is 18.5. The highest BCUT2D eigenvalue weighted by Crippen LogP contribution is 2.38. The molecular weight excluding hydrogens is 151 g/mol. The lowest BCUT2D eigenvalue weighted by Gasteiger charge is -2.18. The maximum absolute atomic E-state index is 10.6. The van der Waals surface area contributed by atoms with E-state index < -0.39 is 7.60 Å². The summed E-state index contributed by atoms with van der Waals surface area (Å²) >= 11 is 0. The van der Waals surface area contributed by atoms with Gasteiger partial charge in [0.15, 0.2) is 0 Å². The summed E-state index contributed by atoms with van der Waals surface area (Å²) in [5.41, 5.74) is -0.0472. The average molecular weight is 166 g/mol. The zero-order valence-corrected chi connectivity index (χ0v) is 7.81. The van der Waals surface area contributed by atoms with Crippen molar-refractivity contribution in [2.75, 3.05) is 13.3 Å². The highest BCUT2D eigenvalue weighted by molar-refractivity contribution is 7.51. The minimum Gasteiger partial charge on any atom is -0.324 e. The van der Waals surface area contributed by atoms with Crippen LogP contribution < -0.4 is 0 Å². The predicted molar refractivity (Wildman–Crippen MR) is 41.2 cm³/mol. The van der Waals surface area contributed by atoms with Crippen LogP contribution in [-0.4, -0.2) is 18.2 Å². The fraction of sp³-hybridized carbons (Fsp3) is 1.00. The Kier molecular flexibility index (Phi) is 3.08. The molecule has 0 aliphatic rings. The molecule has 1 unspecified atom stereocenters. The van der Waals surface area contributed by atoms with Crippen molar-refractivity contribution >= 4 is 7.60 Å². The summed E-state index contributed by atoms with van der Waals surface area (Å²) in [7, 11) is -3.26. The van der Waals surface area contributed by atoms with Gasteiger partial charge in [0.1, 0.15) is 0 Å². The van der Waals surface area contributed by atoms with E-state index in [1.165, 1.54) is 6.66 Å². The summed E-state index contributed by atoms with van der Waals surface area (Å²) in [5.74, 6) is 0. The van der Waals surface area contributed by atoms with E-state index >= 15 is 0 Å². The van der Waals surface area contributed by atoms with Crippen molar-refractivity contribution in [1.82, 2.24) is 0 Å². The molecule has 10 heavy (non-hydrogen) atoms. The average Bonchev–Trinajstić information content (AvgIpc) is 1.57. The molecule has 1 N–H and O–H groups in total. The van der Waals surface area contributed by atoms with Crippen LogP contribution in [0.4, 0.5) is 0 Å². The number of rotatable bonds is 2. The van der Waals surface area contributed by atoms with Crippen LogP contribution in [0.25, 0.3) is 0 Å². The summed E-state index contributed by atoms with van der Waals surface area (Å²) in [4.78, 5) is 8.71. The lowest BCUT2D eigenvalue weighted by Crippen LogP contribution is -2.13. The molecule has 0 fully saturated rings. The van der Waals surface area contributed by atoms with Crippen LogP contribution in [0.15, 0.2) is 0 Å². The third-order valence-corrected chi connectivity index (χ3v) is 1.35. The molecule has 3 nitrogen and oxygen atoms in total. The Bertz CT molecular complexity index is 142. The van der Waals surface area contributed by atoms with Crippen LogP contribution in [0.3, 0.4) is 0 Å². The maximum Gasteiger partial charge on any atom is 0.325 e. The van der Waals surface area contributed by atoms with Crippen molar-refractivity contribution in [1.29, 1.82) is 0 Å². The Hall–Kier alpha value is 0.150. The van der Waals surface area contributed by atoms with Crippen molar-refractivity contribution in [3.8, 4) is 0 Å². The number of hydrogen-bond donors (Lipinski definition) is 1. The van der Waals surface area contributed by atoms with E-state index in [9.17, 15) is 4.57 Å². The molecule has 4 heteroatoms. The molecule has 0 radical (unpaired) electrons. The second-order valence-corrected chi connectivity index (χ2v) is 5.50. The van der Waals surface area contributed by atoms with Crippen LogP contribution in [-0.2, 0) is 9.09 Å². The molecule has 0 bridgehead atoms. The standard InChI is InChI=1S/C6H15O3P/c1-6(2,3)5-9-10(4,7)8/h5H2,1-4H3,(H,7,8). The zero-order chi connectivity index (χ0) is 8.41. The molecule has 0 saturated carbocycles. The van der Waals surface area contributed by atoms with Crippen molar-refractivity contribution in [3.63, 3.8) is 0 Å². The topological polar surface area (TPSA) is 46.5 Å². The molecule has 0 aromatic carbocycles. The van der Waals surface area contributed by atoms with Gasteiger partial charge in [-0.25, -0.2) is 0 Å². The second-order valence-electron chi connectivity index (χ2n) is 3.64. The van der Waals surface area contributed by atoms with Gasteiger partial charge in [-0.3, -0.25) is 4.57 Å². The van der Waals surface area contributed by atoms with E-state index in [-0.39, 0.29) is 5.41 Å². The summed E-state index contributed by atoms with van der Waals surface area (Å²) in [6.45, 7) is 7.35. The highest BCUT2D eigenvalue weighted by atomic mass is 31.2. The predicted octanol–water partition coefficient (Wildman–Crippen LogP) is 1.86. The third kappa shape index (κ3) is 8.15. The SMILES string of the molecule is CC(C)(C)COP(C)(=O)O. The fourth-order valence-electron chi connectivity index (χ4n) is 0.313. The lowest BCUT2D eigenvalue weighted by atomic mass is 9.99. The first-order valence-electron chi connectivity index (χ1n) is 3.15. The van der Waals surface area contributed by atoms with Crippen molar-refractivity contribution < 1.29 is 14.0 Å². The van der Waals surface area contributed by atoms with Crippen LogP contribution >= 0.6 is 7.60 Å². The van der Waals surface area contributed by atoms with Crippen LogP contribution in [0, 0.1) is 5.41 Å². The maximum atomic E-state index is 10.6. The zero-order valence-electron chi connectivity index (χ0n) is 6.92. The monoisotopic (exact) mass is 166 g/mol. The van der Waals surface area contributed by atoms with Gasteiger partial charge in [-0.05, 0) is 5.41 Å². The molecule has 0 saturated heterocycles. The second kappa shape index (κ2) is 3.04. The Labute approximate surface area is 61.9 Å². The van der Waals surface area contributed by atoms with E-state index in [1.54, 1.807) is 0 Å². The van der Waals surface area contributed by atoms with Gasteiger partial charge in [0.25, 0.3) is 0 Å². The van der Waals surface area contributed by atoms with Gasteiger partial charge < -0.3 is 9.42 Å². The van der Waals surface area contributed by atoms with E-state index in [1.807, 2.05) is 20.8 Å². The molecule has 0 aromatic rings. The first-order chi connectivity index (χ1) is 4.21. The third-order valence-electron chi connectivity index (χ3n) is 0.737. The molecule has 0 amide bonds. The molecule has 0 aromatic heterocycles. The van der Waals surface area contributed by atoms with E-state index in [0.29, 0.717) is 6.61 Å². The first kappa shape index (κ1) is 10.2. The summed E-state index contributed by atoms with van der Waals surface area (Å²) in [6, 6.07) is 0. The van der Waals surface area contributed by atoms with Crippen LogP contribution in [0.1, 0.15) is 20.8 Å². The lowest BCUT2D eigenvalue weighted by molar-refractivity contribution is 0.177. The molecular formula is C6H15O3P. The quantitative estimate of drug-likeness (QED) is 0.637. The van der Waals surface area contributed by atoms with Gasteiger partial charge in [-0.15, -0.1) is 0 Å². The summed E-state index contributed by atoms with van der Waals surface area (Å²) in [6.07, 6.45) is 0. The fourth-order valence-corrected chi connectivity index (χ4v) is 0.940.